The standard InChI is InChI=1S/C14H15NO2S2/c1-8-4-5-11(6-9(8)2)7-18-14-15-10(3)12(19-14)13(16)17/h4-6H,7H2,1-3H3,(H,16,17). The maximum absolute atomic E-state index is 11.0. The van der Waals surface area contributed by atoms with E-state index in [9.17, 15) is 4.79 Å². The van der Waals surface area contributed by atoms with Crippen LogP contribution in [0, 0.1) is 20.8 Å². The molecule has 2 aromatic rings. The number of aryl methyl sites for hydroxylation is 3. The van der Waals surface area contributed by atoms with Crippen LogP contribution in [0.1, 0.15) is 32.1 Å². The van der Waals surface area contributed by atoms with Gasteiger partial charge in [0.1, 0.15) is 4.88 Å². The van der Waals surface area contributed by atoms with Gasteiger partial charge in [0.25, 0.3) is 0 Å². The molecule has 0 atom stereocenters. The van der Waals surface area contributed by atoms with E-state index in [2.05, 4.69) is 37.0 Å². The quantitative estimate of drug-likeness (QED) is 0.864. The summed E-state index contributed by atoms with van der Waals surface area (Å²) in [6, 6.07) is 6.38. The number of carboxylic acid groups (broad SMARTS) is 1. The zero-order chi connectivity index (χ0) is 14.0. The summed E-state index contributed by atoms with van der Waals surface area (Å²) < 4.78 is 0.813. The first-order valence-electron chi connectivity index (χ1n) is 5.87. The summed E-state index contributed by atoms with van der Waals surface area (Å²) in [5, 5.41) is 8.99. The minimum Gasteiger partial charge on any atom is -0.477 e. The van der Waals surface area contributed by atoms with Crippen molar-refractivity contribution in [1.29, 1.82) is 0 Å². The first-order valence-corrected chi connectivity index (χ1v) is 7.67. The highest BCUT2D eigenvalue weighted by Gasteiger charge is 2.14. The molecular formula is C14H15NO2S2. The maximum Gasteiger partial charge on any atom is 0.347 e. The molecule has 0 spiro atoms. The molecule has 0 aliphatic carbocycles. The second-order valence-corrected chi connectivity index (χ2v) is 6.63. The molecule has 0 aliphatic rings. The van der Waals surface area contributed by atoms with Gasteiger partial charge < -0.3 is 5.11 Å². The van der Waals surface area contributed by atoms with Crippen molar-refractivity contribution >= 4 is 29.1 Å². The highest BCUT2D eigenvalue weighted by molar-refractivity contribution is 8.00. The predicted octanol–water partition coefficient (Wildman–Crippen LogP) is 4.06. The van der Waals surface area contributed by atoms with Gasteiger partial charge in [-0.2, -0.15) is 0 Å². The Morgan fingerprint density at radius 3 is 2.63 bits per heavy atom. The third-order valence-corrected chi connectivity index (χ3v) is 5.26. The lowest BCUT2D eigenvalue weighted by atomic mass is 10.1. The molecule has 0 saturated heterocycles. The molecule has 19 heavy (non-hydrogen) atoms. The fraction of sp³-hybridized carbons (Fsp3) is 0.286. The lowest BCUT2D eigenvalue weighted by molar-refractivity contribution is 0.0701. The zero-order valence-corrected chi connectivity index (χ0v) is 12.7. The lowest BCUT2D eigenvalue weighted by Crippen LogP contribution is -1.94. The van der Waals surface area contributed by atoms with E-state index in [1.54, 1.807) is 18.7 Å². The monoisotopic (exact) mass is 293 g/mol. The van der Waals surface area contributed by atoms with Crippen LogP contribution in [0.4, 0.5) is 0 Å². The summed E-state index contributed by atoms with van der Waals surface area (Å²) in [7, 11) is 0. The van der Waals surface area contributed by atoms with Gasteiger partial charge in [-0.25, -0.2) is 9.78 Å². The third kappa shape index (κ3) is 3.36. The minimum atomic E-state index is -0.895. The Labute approximate surface area is 120 Å². The SMILES string of the molecule is Cc1ccc(CSc2nc(C)c(C(=O)O)s2)cc1C. The van der Waals surface area contributed by atoms with Gasteiger partial charge in [0.15, 0.2) is 4.34 Å². The van der Waals surface area contributed by atoms with Gasteiger partial charge in [-0.05, 0) is 37.5 Å². The van der Waals surface area contributed by atoms with Crippen LogP contribution >= 0.6 is 23.1 Å². The molecule has 1 aromatic heterocycles. The van der Waals surface area contributed by atoms with Crippen molar-refractivity contribution in [3.8, 4) is 0 Å². The Morgan fingerprint density at radius 2 is 2.05 bits per heavy atom. The smallest absolute Gasteiger partial charge is 0.347 e. The van der Waals surface area contributed by atoms with E-state index in [1.807, 2.05) is 0 Å². The highest BCUT2D eigenvalue weighted by Crippen LogP contribution is 2.30. The summed E-state index contributed by atoms with van der Waals surface area (Å²) in [6.07, 6.45) is 0. The van der Waals surface area contributed by atoms with Crippen LogP contribution in [0.25, 0.3) is 0 Å². The topological polar surface area (TPSA) is 50.2 Å². The van der Waals surface area contributed by atoms with E-state index in [1.165, 1.54) is 28.0 Å². The maximum atomic E-state index is 11.0. The first kappa shape index (κ1) is 14.1. The number of carbonyl (C=O) groups is 1. The molecule has 0 saturated carbocycles. The molecule has 0 bridgehead atoms. The second kappa shape index (κ2) is 5.75. The van der Waals surface area contributed by atoms with E-state index in [-0.39, 0.29) is 0 Å². The normalized spacial score (nSPS) is 10.7. The van der Waals surface area contributed by atoms with Crippen molar-refractivity contribution in [1.82, 2.24) is 4.98 Å². The van der Waals surface area contributed by atoms with Crippen molar-refractivity contribution in [3.05, 3.63) is 45.5 Å². The van der Waals surface area contributed by atoms with E-state index < -0.39 is 5.97 Å². The Kier molecular flexibility index (Phi) is 4.27. The summed E-state index contributed by atoms with van der Waals surface area (Å²) >= 11 is 2.83. The van der Waals surface area contributed by atoms with E-state index in [4.69, 9.17) is 5.11 Å². The molecule has 100 valence electrons. The number of rotatable bonds is 4. The molecule has 1 N–H and O–H groups in total. The molecule has 0 fully saturated rings. The largest absolute Gasteiger partial charge is 0.477 e. The number of aromatic carboxylic acids is 1. The molecule has 1 aromatic carbocycles. The molecule has 0 amide bonds. The number of carboxylic acids is 1. The summed E-state index contributed by atoms with van der Waals surface area (Å²) in [4.78, 5) is 15.6. The first-order chi connectivity index (χ1) is 8.97. The van der Waals surface area contributed by atoms with Crippen LogP contribution in [0.15, 0.2) is 22.5 Å². The molecule has 0 radical (unpaired) electrons. The number of thioether (sulfide) groups is 1. The van der Waals surface area contributed by atoms with E-state index in [0.717, 1.165) is 10.1 Å². The zero-order valence-electron chi connectivity index (χ0n) is 11.1. The molecule has 0 aliphatic heterocycles. The van der Waals surface area contributed by atoms with E-state index in [0.29, 0.717) is 10.6 Å². The third-order valence-electron chi connectivity index (χ3n) is 2.90. The fourth-order valence-corrected chi connectivity index (χ4v) is 3.64. The molecular weight excluding hydrogens is 278 g/mol. The number of hydrogen-bond donors (Lipinski definition) is 1. The molecule has 1 heterocycles. The van der Waals surface area contributed by atoms with Gasteiger partial charge in [0.05, 0.1) is 5.69 Å². The molecule has 5 heteroatoms. The van der Waals surface area contributed by atoms with Gasteiger partial charge in [0, 0.05) is 5.75 Å². The minimum absolute atomic E-state index is 0.336. The lowest BCUT2D eigenvalue weighted by Gasteiger charge is -2.03. The fourth-order valence-electron chi connectivity index (χ4n) is 1.67. The Bertz CT molecular complexity index is 620. The Balaban J connectivity index is 2.08. The summed E-state index contributed by atoms with van der Waals surface area (Å²) in [5.74, 6) is -0.0827. The van der Waals surface area contributed by atoms with Crippen LogP contribution in [0.3, 0.4) is 0 Å². The second-order valence-electron chi connectivity index (χ2n) is 4.41. The Morgan fingerprint density at radius 1 is 1.32 bits per heavy atom. The average Bonchev–Trinajstić information content (AvgIpc) is 2.72. The average molecular weight is 293 g/mol. The number of aromatic nitrogens is 1. The van der Waals surface area contributed by atoms with Crippen molar-refractivity contribution in [2.75, 3.05) is 0 Å². The Hall–Kier alpha value is -1.33. The number of nitrogens with zero attached hydrogens (tertiary/aromatic N) is 1. The van der Waals surface area contributed by atoms with Crippen molar-refractivity contribution in [2.45, 2.75) is 30.9 Å². The van der Waals surface area contributed by atoms with Gasteiger partial charge in [-0.3, -0.25) is 0 Å². The summed E-state index contributed by atoms with van der Waals surface area (Å²) in [6.45, 7) is 5.93. The van der Waals surface area contributed by atoms with Gasteiger partial charge in [-0.15, -0.1) is 11.3 Å². The van der Waals surface area contributed by atoms with Crippen LogP contribution < -0.4 is 0 Å². The van der Waals surface area contributed by atoms with Gasteiger partial charge >= 0.3 is 5.97 Å². The van der Waals surface area contributed by atoms with Crippen molar-refractivity contribution in [3.63, 3.8) is 0 Å². The van der Waals surface area contributed by atoms with Crippen LogP contribution in [-0.2, 0) is 5.75 Å². The molecule has 3 nitrogen and oxygen atoms in total. The molecule has 0 unspecified atom stereocenters. The number of thiazole rings is 1. The number of hydrogen-bond acceptors (Lipinski definition) is 4. The number of benzene rings is 1. The molecule has 2 rings (SSSR count). The highest BCUT2D eigenvalue weighted by atomic mass is 32.2. The van der Waals surface area contributed by atoms with E-state index >= 15 is 0 Å². The summed E-state index contributed by atoms with van der Waals surface area (Å²) in [5.41, 5.74) is 4.39. The van der Waals surface area contributed by atoms with Crippen LogP contribution in [0.2, 0.25) is 0 Å². The van der Waals surface area contributed by atoms with Gasteiger partial charge in [-0.1, -0.05) is 30.0 Å². The van der Waals surface area contributed by atoms with Crippen molar-refractivity contribution < 1.29 is 9.90 Å². The van der Waals surface area contributed by atoms with Crippen LogP contribution in [0.5, 0.6) is 0 Å². The van der Waals surface area contributed by atoms with Gasteiger partial charge in [0.2, 0.25) is 0 Å². The van der Waals surface area contributed by atoms with Crippen LogP contribution in [-0.4, -0.2) is 16.1 Å². The van der Waals surface area contributed by atoms with Crippen molar-refractivity contribution in [2.24, 2.45) is 0 Å². The predicted molar refractivity (Wildman–Crippen MR) is 79.3 cm³/mol.